The van der Waals surface area contributed by atoms with Crippen molar-refractivity contribution in [2.75, 3.05) is 63.0 Å². The lowest BCUT2D eigenvalue weighted by Crippen LogP contribution is -2.42. The van der Waals surface area contributed by atoms with Gasteiger partial charge in [-0.05, 0) is 36.8 Å². The SMILES string of the molecule is COc1ccc(N2CCCN(CN3C(=O)C(=O)c4cc5c(cc43)OCCO5)CC2)cc1. The number of carbonyl (C=O) groups excluding carboxylic acids is 2. The highest BCUT2D eigenvalue weighted by Crippen LogP contribution is 2.40. The van der Waals surface area contributed by atoms with Crippen LogP contribution >= 0.6 is 0 Å². The van der Waals surface area contributed by atoms with E-state index in [2.05, 4.69) is 21.9 Å². The monoisotopic (exact) mass is 423 g/mol. The van der Waals surface area contributed by atoms with Crippen LogP contribution in [0.5, 0.6) is 17.2 Å². The number of rotatable bonds is 4. The summed E-state index contributed by atoms with van der Waals surface area (Å²) in [6.07, 6.45) is 0.968. The molecule has 0 bridgehead atoms. The summed E-state index contributed by atoms with van der Waals surface area (Å²) in [6.45, 7) is 4.71. The Morgan fingerprint density at radius 2 is 1.68 bits per heavy atom. The minimum Gasteiger partial charge on any atom is -0.497 e. The molecule has 0 spiro atoms. The quantitative estimate of drug-likeness (QED) is 0.698. The van der Waals surface area contributed by atoms with Crippen molar-refractivity contribution in [3.63, 3.8) is 0 Å². The molecule has 1 fully saturated rings. The fraction of sp³-hybridized carbons (Fsp3) is 0.391. The maximum Gasteiger partial charge on any atom is 0.300 e. The van der Waals surface area contributed by atoms with Crippen molar-refractivity contribution >= 4 is 23.1 Å². The molecule has 2 aromatic carbocycles. The first-order valence-corrected chi connectivity index (χ1v) is 10.6. The number of benzene rings is 2. The van der Waals surface area contributed by atoms with Crippen molar-refractivity contribution < 1.29 is 23.8 Å². The number of amides is 1. The lowest BCUT2D eigenvalue weighted by molar-refractivity contribution is -0.114. The van der Waals surface area contributed by atoms with Gasteiger partial charge in [0.15, 0.2) is 11.5 Å². The molecule has 3 aliphatic rings. The van der Waals surface area contributed by atoms with Crippen molar-refractivity contribution in [1.82, 2.24) is 4.90 Å². The van der Waals surface area contributed by atoms with Crippen molar-refractivity contribution in [3.8, 4) is 17.2 Å². The Kier molecular flexibility index (Phi) is 5.15. The van der Waals surface area contributed by atoms with Crippen LogP contribution in [0.15, 0.2) is 36.4 Å². The van der Waals surface area contributed by atoms with Crippen molar-refractivity contribution in [2.24, 2.45) is 0 Å². The largest absolute Gasteiger partial charge is 0.497 e. The standard InChI is InChI=1S/C23H25N3O5/c1-29-17-5-3-16(4-6-17)25-8-2-7-24(9-10-25)15-26-19-14-21-20(30-11-12-31-21)13-18(19)22(27)23(26)28/h3-6,13-14H,2,7-12,15H2,1H3. The number of hydrogen-bond acceptors (Lipinski definition) is 7. The van der Waals surface area contributed by atoms with Crippen LogP contribution in [0.1, 0.15) is 16.8 Å². The fourth-order valence-corrected chi connectivity index (χ4v) is 4.33. The van der Waals surface area contributed by atoms with Gasteiger partial charge in [-0.3, -0.25) is 19.4 Å². The topological polar surface area (TPSA) is 71.6 Å². The summed E-state index contributed by atoms with van der Waals surface area (Å²) < 4.78 is 16.5. The summed E-state index contributed by atoms with van der Waals surface area (Å²) in [5.41, 5.74) is 2.16. The Bertz CT molecular complexity index is 1010. The number of ether oxygens (including phenoxy) is 3. The summed E-state index contributed by atoms with van der Waals surface area (Å²) >= 11 is 0. The molecule has 0 saturated carbocycles. The van der Waals surface area contributed by atoms with Crippen LogP contribution in [0.2, 0.25) is 0 Å². The van der Waals surface area contributed by atoms with E-state index in [0.717, 1.165) is 44.0 Å². The second-order valence-electron chi connectivity index (χ2n) is 7.87. The first kappa shape index (κ1) is 19.7. The van der Waals surface area contributed by atoms with Crippen LogP contribution in [0, 0.1) is 0 Å². The maximum absolute atomic E-state index is 12.7. The van der Waals surface area contributed by atoms with E-state index in [1.807, 2.05) is 12.1 Å². The molecular weight excluding hydrogens is 398 g/mol. The van der Waals surface area contributed by atoms with Gasteiger partial charge in [0.1, 0.15) is 19.0 Å². The molecule has 0 aromatic heterocycles. The van der Waals surface area contributed by atoms with E-state index in [-0.39, 0.29) is 0 Å². The molecule has 5 rings (SSSR count). The predicted molar refractivity (Wildman–Crippen MR) is 116 cm³/mol. The lowest BCUT2D eigenvalue weighted by atomic mass is 10.1. The smallest absolute Gasteiger partial charge is 0.300 e. The zero-order valence-corrected chi connectivity index (χ0v) is 17.5. The van der Waals surface area contributed by atoms with E-state index in [4.69, 9.17) is 14.2 Å². The van der Waals surface area contributed by atoms with E-state index < -0.39 is 11.7 Å². The van der Waals surface area contributed by atoms with Crippen LogP contribution in [-0.4, -0.2) is 69.8 Å². The highest BCUT2D eigenvalue weighted by Gasteiger charge is 2.38. The van der Waals surface area contributed by atoms with Crippen molar-refractivity contribution in [1.29, 1.82) is 0 Å². The van der Waals surface area contributed by atoms with Gasteiger partial charge in [-0.1, -0.05) is 0 Å². The highest BCUT2D eigenvalue weighted by molar-refractivity contribution is 6.52. The third-order valence-electron chi connectivity index (χ3n) is 6.00. The molecule has 31 heavy (non-hydrogen) atoms. The molecule has 3 heterocycles. The Labute approximate surface area is 180 Å². The molecule has 8 nitrogen and oxygen atoms in total. The number of fused-ring (bicyclic) bond motifs is 2. The summed E-state index contributed by atoms with van der Waals surface area (Å²) in [4.78, 5) is 31.4. The number of nitrogens with zero attached hydrogens (tertiary/aromatic N) is 3. The minimum atomic E-state index is -0.492. The van der Waals surface area contributed by atoms with E-state index in [0.29, 0.717) is 42.6 Å². The zero-order chi connectivity index (χ0) is 21.4. The predicted octanol–water partition coefficient (Wildman–Crippen LogP) is 2.17. The van der Waals surface area contributed by atoms with Gasteiger partial charge in [-0.2, -0.15) is 0 Å². The average molecular weight is 423 g/mol. The maximum atomic E-state index is 12.7. The molecule has 0 atom stereocenters. The van der Waals surface area contributed by atoms with E-state index >= 15 is 0 Å². The van der Waals surface area contributed by atoms with Gasteiger partial charge in [0.05, 0.1) is 25.0 Å². The van der Waals surface area contributed by atoms with E-state index in [1.165, 1.54) is 0 Å². The summed E-state index contributed by atoms with van der Waals surface area (Å²) in [7, 11) is 1.66. The van der Waals surface area contributed by atoms with Crippen LogP contribution in [0.25, 0.3) is 0 Å². The summed E-state index contributed by atoms with van der Waals surface area (Å²) in [5, 5.41) is 0. The second kappa shape index (κ2) is 8.11. The lowest BCUT2D eigenvalue weighted by Gasteiger charge is -2.28. The third kappa shape index (κ3) is 3.67. The van der Waals surface area contributed by atoms with Crippen molar-refractivity contribution in [3.05, 3.63) is 42.0 Å². The number of Topliss-reactive ketones (excluding diaryl/α,β-unsaturated/α-hetero) is 1. The molecule has 162 valence electrons. The van der Waals surface area contributed by atoms with E-state index in [1.54, 1.807) is 24.1 Å². The Morgan fingerprint density at radius 3 is 2.42 bits per heavy atom. The summed E-state index contributed by atoms with van der Waals surface area (Å²) in [6, 6.07) is 11.5. The average Bonchev–Trinajstić information content (AvgIpc) is 2.96. The highest BCUT2D eigenvalue weighted by atomic mass is 16.6. The Morgan fingerprint density at radius 1 is 0.935 bits per heavy atom. The second-order valence-corrected chi connectivity index (χ2v) is 7.87. The molecule has 0 aliphatic carbocycles. The van der Waals surface area contributed by atoms with Gasteiger partial charge < -0.3 is 19.1 Å². The molecule has 1 saturated heterocycles. The fourth-order valence-electron chi connectivity index (χ4n) is 4.33. The van der Waals surface area contributed by atoms with Crippen LogP contribution < -0.4 is 24.0 Å². The first-order chi connectivity index (χ1) is 15.1. The Balaban J connectivity index is 1.30. The normalized spacial score (nSPS) is 18.7. The molecule has 0 radical (unpaired) electrons. The van der Waals surface area contributed by atoms with Crippen molar-refractivity contribution in [2.45, 2.75) is 6.42 Å². The van der Waals surface area contributed by atoms with Crippen LogP contribution in [-0.2, 0) is 4.79 Å². The van der Waals surface area contributed by atoms with Gasteiger partial charge in [0.2, 0.25) is 0 Å². The zero-order valence-electron chi connectivity index (χ0n) is 17.5. The van der Waals surface area contributed by atoms with Gasteiger partial charge in [-0.25, -0.2) is 0 Å². The van der Waals surface area contributed by atoms with Gasteiger partial charge in [0, 0.05) is 37.9 Å². The number of hydrogen-bond donors (Lipinski definition) is 0. The Hall–Kier alpha value is -3.26. The summed E-state index contributed by atoms with van der Waals surface area (Å²) in [5.74, 6) is 0.972. The molecule has 3 aliphatic heterocycles. The van der Waals surface area contributed by atoms with Gasteiger partial charge >= 0.3 is 5.91 Å². The molecule has 0 N–H and O–H groups in total. The first-order valence-electron chi connectivity index (χ1n) is 10.6. The van der Waals surface area contributed by atoms with Gasteiger partial charge in [-0.15, -0.1) is 0 Å². The number of anilines is 2. The number of methoxy groups -OCH3 is 1. The number of ketones is 1. The minimum absolute atomic E-state index is 0.383. The molecular formula is C23H25N3O5. The number of carbonyl (C=O) groups is 2. The van der Waals surface area contributed by atoms with Crippen LogP contribution in [0.3, 0.4) is 0 Å². The van der Waals surface area contributed by atoms with E-state index in [9.17, 15) is 9.59 Å². The third-order valence-corrected chi connectivity index (χ3v) is 6.00. The molecule has 1 amide bonds. The molecule has 0 unspecified atom stereocenters. The van der Waals surface area contributed by atoms with Gasteiger partial charge in [0.25, 0.3) is 5.78 Å². The molecule has 8 heteroatoms. The van der Waals surface area contributed by atoms with Crippen LogP contribution in [0.4, 0.5) is 11.4 Å². The molecule has 2 aromatic rings.